The molecule has 0 fully saturated rings. The molecule has 0 aliphatic rings. The SMILES string of the molecule is Cc1nc(CNS(=O)(=O)CCOCCN)oc1C. The average molecular weight is 277 g/mol. The first-order valence-corrected chi connectivity index (χ1v) is 7.28. The molecule has 0 saturated carbocycles. The van der Waals surface area contributed by atoms with E-state index < -0.39 is 10.0 Å². The smallest absolute Gasteiger partial charge is 0.214 e. The number of nitrogens with two attached hydrogens (primary N) is 1. The zero-order chi connectivity index (χ0) is 13.6. The molecule has 0 radical (unpaired) electrons. The Morgan fingerprint density at radius 2 is 2.11 bits per heavy atom. The van der Waals surface area contributed by atoms with E-state index in [1.54, 1.807) is 13.8 Å². The van der Waals surface area contributed by atoms with Crippen molar-refractivity contribution >= 4 is 10.0 Å². The summed E-state index contributed by atoms with van der Waals surface area (Å²) in [4.78, 5) is 4.08. The van der Waals surface area contributed by atoms with Crippen LogP contribution in [0.2, 0.25) is 0 Å². The molecule has 0 aliphatic heterocycles. The van der Waals surface area contributed by atoms with E-state index in [9.17, 15) is 8.42 Å². The number of nitrogens with one attached hydrogen (secondary N) is 1. The maximum atomic E-state index is 11.6. The van der Waals surface area contributed by atoms with Gasteiger partial charge in [0.1, 0.15) is 5.76 Å². The van der Waals surface area contributed by atoms with Crippen molar-refractivity contribution in [3.63, 3.8) is 0 Å². The van der Waals surface area contributed by atoms with Gasteiger partial charge in [0.15, 0.2) is 0 Å². The van der Waals surface area contributed by atoms with Crippen LogP contribution in [0, 0.1) is 13.8 Å². The minimum atomic E-state index is -3.38. The van der Waals surface area contributed by atoms with Gasteiger partial charge in [-0.05, 0) is 13.8 Å². The molecule has 0 spiro atoms. The highest BCUT2D eigenvalue weighted by molar-refractivity contribution is 7.89. The largest absolute Gasteiger partial charge is 0.444 e. The summed E-state index contributed by atoms with van der Waals surface area (Å²) in [5.41, 5.74) is 5.98. The fourth-order valence-electron chi connectivity index (χ4n) is 1.21. The lowest BCUT2D eigenvalue weighted by atomic mass is 10.4. The summed E-state index contributed by atoms with van der Waals surface area (Å²) in [5.74, 6) is 0.943. The van der Waals surface area contributed by atoms with Gasteiger partial charge in [-0.2, -0.15) is 0 Å². The quantitative estimate of drug-likeness (QED) is 0.631. The Balaban J connectivity index is 2.37. The first kappa shape index (κ1) is 15.1. The number of aromatic nitrogens is 1. The van der Waals surface area contributed by atoms with Gasteiger partial charge in [-0.25, -0.2) is 18.1 Å². The number of sulfonamides is 1. The number of ether oxygens (including phenoxy) is 1. The molecule has 0 amide bonds. The molecule has 1 aromatic rings. The van der Waals surface area contributed by atoms with E-state index in [0.29, 0.717) is 24.8 Å². The standard InChI is InChI=1S/C10H19N3O4S/c1-8-9(2)17-10(13-8)7-12-18(14,15)6-5-16-4-3-11/h12H,3-7,11H2,1-2H3. The van der Waals surface area contributed by atoms with E-state index in [1.807, 2.05) is 0 Å². The van der Waals surface area contributed by atoms with E-state index in [2.05, 4.69) is 9.71 Å². The third-order valence-corrected chi connectivity index (χ3v) is 3.56. The second-order valence-corrected chi connectivity index (χ2v) is 5.72. The molecular weight excluding hydrogens is 258 g/mol. The fraction of sp³-hybridized carbons (Fsp3) is 0.700. The van der Waals surface area contributed by atoms with Crippen LogP contribution in [-0.2, 0) is 21.3 Å². The van der Waals surface area contributed by atoms with Gasteiger partial charge in [0.25, 0.3) is 0 Å². The number of rotatable bonds is 8. The lowest BCUT2D eigenvalue weighted by molar-refractivity contribution is 0.156. The van der Waals surface area contributed by atoms with E-state index in [4.69, 9.17) is 14.9 Å². The Bertz CT molecular complexity index is 450. The van der Waals surface area contributed by atoms with Crippen LogP contribution in [0.25, 0.3) is 0 Å². The minimum Gasteiger partial charge on any atom is -0.444 e. The van der Waals surface area contributed by atoms with Gasteiger partial charge in [0, 0.05) is 6.54 Å². The number of hydrogen-bond donors (Lipinski definition) is 2. The monoisotopic (exact) mass is 277 g/mol. The third-order valence-electron chi connectivity index (χ3n) is 2.27. The predicted molar refractivity (Wildman–Crippen MR) is 66.5 cm³/mol. The number of nitrogens with zero attached hydrogens (tertiary/aromatic N) is 1. The van der Waals surface area contributed by atoms with Crippen LogP contribution in [0.15, 0.2) is 4.42 Å². The van der Waals surface area contributed by atoms with Crippen molar-refractivity contribution in [1.29, 1.82) is 0 Å². The minimum absolute atomic E-state index is 0.0495. The summed E-state index contributed by atoms with van der Waals surface area (Å²) in [6.07, 6.45) is 0. The van der Waals surface area contributed by atoms with Crippen molar-refractivity contribution < 1.29 is 17.6 Å². The number of aryl methyl sites for hydroxylation is 2. The molecule has 104 valence electrons. The van der Waals surface area contributed by atoms with Crippen LogP contribution >= 0.6 is 0 Å². The van der Waals surface area contributed by atoms with Gasteiger partial charge < -0.3 is 14.9 Å². The molecular formula is C10H19N3O4S. The predicted octanol–water partition coefficient (Wildman–Crippen LogP) is -0.314. The molecule has 0 atom stereocenters. The number of hydrogen-bond acceptors (Lipinski definition) is 6. The molecule has 0 aliphatic carbocycles. The first-order valence-electron chi connectivity index (χ1n) is 5.62. The topological polar surface area (TPSA) is 107 Å². The Morgan fingerprint density at radius 1 is 1.39 bits per heavy atom. The molecule has 3 N–H and O–H groups in total. The first-order chi connectivity index (χ1) is 8.44. The van der Waals surface area contributed by atoms with Crippen molar-refractivity contribution in [2.45, 2.75) is 20.4 Å². The van der Waals surface area contributed by atoms with E-state index in [0.717, 1.165) is 5.69 Å². The lowest BCUT2D eigenvalue weighted by Crippen LogP contribution is -2.28. The molecule has 0 bridgehead atoms. The third kappa shape index (κ3) is 5.13. The van der Waals surface area contributed by atoms with Crippen LogP contribution in [0.3, 0.4) is 0 Å². The van der Waals surface area contributed by atoms with Crippen LogP contribution in [0.1, 0.15) is 17.3 Å². The summed E-state index contributed by atoms with van der Waals surface area (Å²) >= 11 is 0. The summed E-state index contributed by atoms with van der Waals surface area (Å²) in [5, 5.41) is 0. The highest BCUT2D eigenvalue weighted by Crippen LogP contribution is 2.07. The fourth-order valence-corrected chi connectivity index (χ4v) is 2.04. The molecule has 1 aromatic heterocycles. The highest BCUT2D eigenvalue weighted by Gasteiger charge is 2.12. The summed E-state index contributed by atoms with van der Waals surface area (Å²) in [6.45, 7) is 4.48. The van der Waals surface area contributed by atoms with Crippen LogP contribution in [-0.4, -0.2) is 38.9 Å². The van der Waals surface area contributed by atoms with Crippen molar-refractivity contribution in [2.24, 2.45) is 5.73 Å². The Labute approximate surface area is 107 Å². The normalized spacial score (nSPS) is 11.9. The Kier molecular flexibility index (Phi) is 5.73. The maximum Gasteiger partial charge on any atom is 0.214 e. The Hall–Kier alpha value is -0.960. The van der Waals surface area contributed by atoms with Crippen LogP contribution < -0.4 is 10.5 Å². The molecule has 0 unspecified atom stereocenters. The van der Waals surface area contributed by atoms with Gasteiger partial charge in [0.2, 0.25) is 15.9 Å². The van der Waals surface area contributed by atoms with Crippen molar-refractivity contribution in [3.8, 4) is 0 Å². The Morgan fingerprint density at radius 3 is 2.67 bits per heavy atom. The summed E-state index contributed by atoms with van der Waals surface area (Å²) in [6, 6.07) is 0. The van der Waals surface area contributed by atoms with Crippen molar-refractivity contribution in [2.75, 3.05) is 25.5 Å². The van der Waals surface area contributed by atoms with Crippen LogP contribution in [0.5, 0.6) is 0 Å². The summed E-state index contributed by atoms with van der Waals surface area (Å²) in [7, 11) is -3.38. The van der Waals surface area contributed by atoms with Crippen molar-refractivity contribution in [3.05, 3.63) is 17.3 Å². The van der Waals surface area contributed by atoms with Gasteiger partial charge in [0.05, 0.1) is 31.2 Å². The van der Waals surface area contributed by atoms with Crippen LogP contribution in [0.4, 0.5) is 0 Å². The number of oxazole rings is 1. The summed E-state index contributed by atoms with van der Waals surface area (Å²) < 4.78 is 35.8. The van der Waals surface area contributed by atoms with Gasteiger partial charge >= 0.3 is 0 Å². The van der Waals surface area contributed by atoms with Gasteiger partial charge in [-0.1, -0.05) is 0 Å². The zero-order valence-electron chi connectivity index (χ0n) is 10.6. The molecule has 7 nitrogen and oxygen atoms in total. The average Bonchev–Trinajstić information content (AvgIpc) is 2.62. The van der Waals surface area contributed by atoms with E-state index in [-0.39, 0.29) is 18.9 Å². The second-order valence-electron chi connectivity index (χ2n) is 3.79. The molecule has 1 rings (SSSR count). The highest BCUT2D eigenvalue weighted by atomic mass is 32.2. The van der Waals surface area contributed by atoms with E-state index in [1.165, 1.54) is 0 Å². The molecule has 1 heterocycles. The molecule has 8 heteroatoms. The second kappa shape index (κ2) is 6.83. The lowest BCUT2D eigenvalue weighted by Gasteiger charge is -2.05. The molecule has 0 aromatic carbocycles. The zero-order valence-corrected chi connectivity index (χ0v) is 11.4. The van der Waals surface area contributed by atoms with Crippen molar-refractivity contribution in [1.82, 2.24) is 9.71 Å². The molecule has 0 saturated heterocycles. The maximum absolute atomic E-state index is 11.6. The van der Waals surface area contributed by atoms with Gasteiger partial charge in [-0.3, -0.25) is 0 Å². The van der Waals surface area contributed by atoms with Gasteiger partial charge in [-0.15, -0.1) is 0 Å². The molecule has 18 heavy (non-hydrogen) atoms. The van der Waals surface area contributed by atoms with E-state index >= 15 is 0 Å².